The number of alkyl halides is 3. The minimum atomic E-state index is -4.49. The van der Waals surface area contributed by atoms with E-state index in [1.807, 2.05) is 6.07 Å². The number of rotatable bonds is 5. The number of fused-ring (bicyclic) bond motifs is 1. The lowest BCUT2D eigenvalue weighted by atomic mass is 10.2. The Balaban J connectivity index is 1.30. The maximum absolute atomic E-state index is 13.0. The van der Waals surface area contributed by atoms with Gasteiger partial charge in [0.15, 0.2) is 0 Å². The third-order valence-electron chi connectivity index (χ3n) is 5.83. The van der Waals surface area contributed by atoms with Gasteiger partial charge in [0.1, 0.15) is 12.1 Å². The second-order valence-corrected chi connectivity index (χ2v) is 8.35. The Kier molecular flexibility index (Phi) is 6.12. The van der Waals surface area contributed by atoms with Crippen LogP contribution in [0.4, 0.5) is 23.7 Å². The van der Waals surface area contributed by atoms with Gasteiger partial charge < -0.3 is 10.1 Å². The molecule has 0 saturated carbocycles. The molecular weight excluding hydrogens is 459 g/mol. The first-order valence-corrected chi connectivity index (χ1v) is 11.2. The van der Waals surface area contributed by atoms with E-state index in [0.29, 0.717) is 17.1 Å². The van der Waals surface area contributed by atoms with E-state index < -0.39 is 17.8 Å². The fourth-order valence-electron chi connectivity index (χ4n) is 4.13. The molecule has 1 aliphatic heterocycles. The van der Waals surface area contributed by atoms with Crippen molar-refractivity contribution in [1.82, 2.24) is 19.4 Å². The molecule has 10 heteroatoms. The van der Waals surface area contributed by atoms with E-state index in [9.17, 15) is 18.0 Å². The second-order valence-electron chi connectivity index (χ2n) is 8.35. The van der Waals surface area contributed by atoms with Crippen LogP contribution in [0.15, 0.2) is 67.1 Å². The molecule has 3 heterocycles. The molecule has 0 bridgehead atoms. The Morgan fingerprint density at radius 3 is 2.66 bits per heavy atom. The zero-order valence-corrected chi connectivity index (χ0v) is 18.6. The maximum Gasteiger partial charge on any atom is 0.416 e. The summed E-state index contributed by atoms with van der Waals surface area (Å²) in [5, 5.41) is 3.24. The van der Waals surface area contributed by atoms with Crippen LogP contribution < -0.4 is 10.1 Å². The number of nitrogens with one attached hydrogen (secondary N) is 1. The van der Waals surface area contributed by atoms with Crippen LogP contribution in [0.25, 0.3) is 10.9 Å². The number of ether oxygens (including phenoxy) is 1. The molecule has 5 rings (SSSR count). The fourth-order valence-corrected chi connectivity index (χ4v) is 4.13. The van der Waals surface area contributed by atoms with Crippen LogP contribution in [-0.2, 0) is 12.7 Å². The smallest absolute Gasteiger partial charge is 0.416 e. The lowest BCUT2D eigenvalue weighted by Gasteiger charge is -2.14. The lowest BCUT2D eigenvalue weighted by molar-refractivity contribution is -0.137. The number of anilines is 1. The highest BCUT2D eigenvalue weighted by molar-refractivity contribution is 5.98. The summed E-state index contributed by atoms with van der Waals surface area (Å²) < 4.78 is 46.1. The first-order valence-electron chi connectivity index (χ1n) is 11.2. The predicted octanol–water partition coefficient (Wildman–Crippen LogP) is 5.92. The number of hydrogen-bond donors (Lipinski definition) is 1. The van der Waals surface area contributed by atoms with Crippen molar-refractivity contribution in [2.24, 2.45) is 0 Å². The van der Waals surface area contributed by atoms with Gasteiger partial charge in [-0.3, -0.25) is 9.47 Å². The number of nitrogens with zero attached hydrogens (tertiary/aromatic N) is 4. The molecule has 35 heavy (non-hydrogen) atoms. The first-order chi connectivity index (χ1) is 16.8. The quantitative estimate of drug-likeness (QED) is 0.383. The van der Waals surface area contributed by atoms with E-state index in [2.05, 4.69) is 20.2 Å². The Morgan fingerprint density at radius 2 is 1.86 bits per heavy atom. The summed E-state index contributed by atoms with van der Waals surface area (Å²) in [4.78, 5) is 23.6. The first kappa shape index (κ1) is 22.9. The van der Waals surface area contributed by atoms with Crippen molar-refractivity contribution in [2.45, 2.75) is 25.6 Å². The molecule has 0 spiro atoms. The van der Waals surface area contributed by atoms with Crippen molar-refractivity contribution in [3.05, 3.63) is 78.4 Å². The standard InChI is InChI=1S/C25H22F3N5O2/c26-25(27,28)18-4-3-5-19(13-18)31-24(34)33-11-8-17-12-21(6-7-22(17)33)35-23-14-20(29-16-30-23)15-32-9-1-2-10-32/h3-8,11-14,16H,1-2,9-10,15H2,(H,31,34). The zero-order valence-electron chi connectivity index (χ0n) is 18.6. The lowest BCUT2D eigenvalue weighted by Crippen LogP contribution is -2.19. The summed E-state index contributed by atoms with van der Waals surface area (Å²) in [6.45, 7) is 2.88. The van der Waals surface area contributed by atoms with Crippen molar-refractivity contribution in [3.8, 4) is 11.6 Å². The molecule has 7 nitrogen and oxygen atoms in total. The number of amides is 1. The largest absolute Gasteiger partial charge is 0.439 e. The Labute approximate surface area is 199 Å². The topological polar surface area (TPSA) is 72.3 Å². The van der Waals surface area contributed by atoms with Crippen molar-refractivity contribution >= 4 is 22.6 Å². The van der Waals surface area contributed by atoms with Gasteiger partial charge in [0, 0.05) is 29.9 Å². The summed E-state index contributed by atoms with van der Waals surface area (Å²) in [5.41, 5.74) is 0.692. The van der Waals surface area contributed by atoms with Gasteiger partial charge in [0.25, 0.3) is 0 Å². The summed E-state index contributed by atoms with van der Waals surface area (Å²) in [6.07, 6.45) is 0.943. The van der Waals surface area contributed by atoms with Crippen molar-refractivity contribution in [2.75, 3.05) is 18.4 Å². The molecule has 1 amide bonds. The van der Waals surface area contributed by atoms with Gasteiger partial charge in [-0.05, 0) is 68.4 Å². The fraction of sp³-hybridized carbons (Fsp3) is 0.240. The molecule has 180 valence electrons. The van der Waals surface area contributed by atoms with Gasteiger partial charge in [-0.25, -0.2) is 14.8 Å². The molecular formula is C25H22F3N5O2. The van der Waals surface area contributed by atoms with Gasteiger partial charge in [0.05, 0.1) is 16.8 Å². The van der Waals surface area contributed by atoms with Gasteiger partial charge in [-0.15, -0.1) is 0 Å². The van der Waals surface area contributed by atoms with Gasteiger partial charge in [-0.2, -0.15) is 13.2 Å². The van der Waals surface area contributed by atoms with Crippen molar-refractivity contribution in [1.29, 1.82) is 0 Å². The van der Waals surface area contributed by atoms with E-state index in [4.69, 9.17) is 4.74 Å². The Bertz CT molecular complexity index is 1360. The molecule has 1 aliphatic rings. The van der Waals surface area contributed by atoms with Gasteiger partial charge >= 0.3 is 12.2 Å². The predicted molar refractivity (Wildman–Crippen MR) is 124 cm³/mol. The second kappa shape index (κ2) is 9.38. The number of halogens is 3. The third kappa shape index (κ3) is 5.27. The summed E-state index contributed by atoms with van der Waals surface area (Å²) in [7, 11) is 0. The molecule has 0 radical (unpaired) electrons. The normalized spacial score (nSPS) is 14.4. The summed E-state index contributed by atoms with van der Waals surface area (Å²) >= 11 is 0. The third-order valence-corrected chi connectivity index (χ3v) is 5.83. The maximum atomic E-state index is 13.0. The van der Waals surface area contributed by atoms with Gasteiger partial charge in [0.2, 0.25) is 5.88 Å². The number of benzene rings is 2. The summed E-state index contributed by atoms with van der Waals surface area (Å²) in [5.74, 6) is 0.967. The van der Waals surface area contributed by atoms with Gasteiger partial charge in [-0.1, -0.05) is 6.07 Å². The van der Waals surface area contributed by atoms with Crippen LogP contribution in [0.1, 0.15) is 24.1 Å². The van der Waals surface area contributed by atoms with Crippen molar-refractivity contribution < 1.29 is 22.7 Å². The van der Waals surface area contributed by atoms with E-state index in [0.717, 1.165) is 42.8 Å². The van der Waals surface area contributed by atoms with E-state index in [-0.39, 0.29) is 5.69 Å². The number of aromatic nitrogens is 3. The average Bonchev–Trinajstić information content (AvgIpc) is 3.48. The highest BCUT2D eigenvalue weighted by Gasteiger charge is 2.30. The molecule has 4 aromatic rings. The molecule has 0 aliphatic carbocycles. The number of hydrogen-bond acceptors (Lipinski definition) is 5. The molecule has 0 unspecified atom stereocenters. The monoisotopic (exact) mass is 481 g/mol. The SMILES string of the molecule is O=C(Nc1cccc(C(F)(F)F)c1)n1ccc2cc(Oc3cc(CN4CCCC4)ncn3)ccc21. The highest BCUT2D eigenvalue weighted by atomic mass is 19.4. The van der Waals surface area contributed by atoms with Crippen LogP contribution in [0, 0.1) is 0 Å². The van der Waals surface area contributed by atoms with E-state index in [1.165, 1.54) is 35.9 Å². The zero-order chi connectivity index (χ0) is 24.4. The van der Waals surface area contributed by atoms with Crippen LogP contribution >= 0.6 is 0 Å². The number of carbonyl (C=O) groups is 1. The van der Waals surface area contributed by atoms with Crippen LogP contribution in [0.3, 0.4) is 0 Å². The van der Waals surface area contributed by atoms with Crippen LogP contribution in [0.2, 0.25) is 0 Å². The number of likely N-dealkylation sites (tertiary alicyclic amines) is 1. The molecule has 2 aromatic heterocycles. The summed E-state index contributed by atoms with van der Waals surface area (Å²) in [6, 6.07) is 12.7. The van der Waals surface area contributed by atoms with E-state index >= 15 is 0 Å². The Morgan fingerprint density at radius 1 is 1.03 bits per heavy atom. The highest BCUT2D eigenvalue weighted by Crippen LogP contribution is 2.31. The molecule has 1 saturated heterocycles. The van der Waals surface area contributed by atoms with Crippen LogP contribution in [-0.4, -0.2) is 38.6 Å². The van der Waals surface area contributed by atoms with Crippen LogP contribution in [0.5, 0.6) is 11.6 Å². The average molecular weight is 481 g/mol. The molecule has 1 N–H and O–H groups in total. The minimum absolute atomic E-state index is 0.0557. The molecule has 1 fully saturated rings. The Hall–Kier alpha value is -3.92. The van der Waals surface area contributed by atoms with Crippen molar-refractivity contribution in [3.63, 3.8) is 0 Å². The minimum Gasteiger partial charge on any atom is -0.439 e. The number of carbonyl (C=O) groups excluding carboxylic acids is 1. The molecule has 2 aromatic carbocycles. The van der Waals surface area contributed by atoms with E-state index in [1.54, 1.807) is 30.5 Å². The molecule has 0 atom stereocenters.